The lowest BCUT2D eigenvalue weighted by Crippen LogP contribution is -2.27. The third-order valence-corrected chi connectivity index (χ3v) is 7.72. The minimum Gasteiger partial charge on any atom is -0.494 e. The number of amides is 1. The summed E-state index contributed by atoms with van der Waals surface area (Å²) in [6, 6.07) is 13.5. The van der Waals surface area contributed by atoms with E-state index >= 15 is 0 Å². The largest absolute Gasteiger partial charge is 0.494 e. The molecule has 0 bridgehead atoms. The average molecular weight is 489 g/mol. The molecule has 174 valence electrons. The van der Waals surface area contributed by atoms with E-state index in [9.17, 15) is 13.2 Å². The molecule has 33 heavy (non-hydrogen) atoms. The van der Waals surface area contributed by atoms with Gasteiger partial charge in [-0.05, 0) is 68.3 Å². The molecule has 0 aliphatic carbocycles. The van der Waals surface area contributed by atoms with E-state index in [0.717, 1.165) is 30.4 Å². The predicted molar refractivity (Wildman–Crippen MR) is 125 cm³/mol. The minimum absolute atomic E-state index is 0.0991. The Kier molecular flexibility index (Phi) is 7.31. The molecular weight excluding hydrogens is 464 g/mol. The molecule has 0 atom stereocenters. The molecule has 0 saturated carbocycles. The van der Waals surface area contributed by atoms with Gasteiger partial charge in [-0.3, -0.25) is 4.79 Å². The fourth-order valence-corrected chi connectivity index (χ4v) is 5.44. The van der Waals surface area contributed by atoms with Crippen LogP contribution in [0.4, 0.5) is 5.69 Å². The zero-order valence-electron chi connectivity index (χ0n) is 18.1. The average Bonchev–Trinajstić information content (AvgIpc) is 3.52. The molecule has 2 heterocycles. The first-order chi connectivity index (χ1) is 16.0. The molecular formula is C22H24N4O5S2. The quantitative estimate of drug-likeness (QED) is 0.454. The molecule has 1 aromatic heterocycles. The Morgan fingerprint density at radius 3 is 2.45 bits per heavy atom. The van der Waals surface area contributed by atoms with Crippen LogP contribution in [0.15, 0.2) is 63.1 Å². The number of ether oxygens (including phenoxy) is 1. The number of hydrogen-bond donors (Lipinski definition) is 1. The highest BCUT2D eigenvalue weighted by atomic mass is 32.2. The van der Waals surface area contributed by atoms with Gasteiger partial charge < -0.3 is 14.5 Å². The number of benzene rings is 2. The first kappa shape index (κ1) is 23.3. The number of carbonyl (C=O) groups excluding carboxylic acids is 1. The summed E-state index contributed by atoms with van der Waals surface area (Å²) in [4.78, 5) is 12.4. The number of aromatic nitrogens is 2. The van der Waals surface area contributed by atoms with Crippen molar-refractivity contribution in [3.63, 3.8) is 0 Å². The van der Waals surface area contributed by atoms with Gasteiger partial charge in [-0.15, -0.1) is 10.2 Å². The molecule has 1 aliphatic heterocycles. The summed E-state index contributed by atoms with van der Waals surface area (Å²) < 4.78 is 37.8. The number of anilines is 1. The van der Waals surface area contributed by atoms with E-state index in [1.807, 2.05) is 6.92 Å². The van der Waals surface area contributed by atoms with Crippen molar-refractivity contribution in [1.82, 2.24) is 14.5 Å². The van der Waals surface area contributed by atoms with E-state index in [0.29, 0.717) is 30.9 Å². The fourth-order valence-electron chi connectivity index (χ4n) is 3.36. The molecule has 2 aromatic carbocycles. The van der Waals surface area contributed by atoms with Crippen LogP contribution in [0.3, 0.4) is 0 Å². The summed E-state index contributed by atoms with van der Waals surface area (Å²) in [5.74, 6) is 0.891. The topological polar surface area (TPSA) is 115 Å². The number of nitrogens with zero attached hydrogens (tertiary/aromatic N) is 3. The lowest BCUT2D eigenvalue weighted by atomic mass is 10.2. The Labute approximate surface area is 196 Å². The molecule has 0 radical (unpaired) electrons. The van der Waals surface area contributed by atoms with E-state index < -0.39 is 10.0 Å². The van der Waals surface area contributed by atoms with Crippen LogP contribution in [-0.2, 0) is 14.8 Å². The maximum atomic E-state index is 12.6. The van der Waals surface area contributed by atoms with E-state index in [1.165, 1.54) is 4.31 Å². The standard InChI is InChI=1S/C22H24N4O5S2/c1-2-30-18-9-7-17(8-10-18)23-20(27)15-32-22-25-24-21(31-22)16-5-11-19(12-6-16)33(28,29)26-13-3-4-14-26/h5-12H,2-4,13-15H2,1H3,(H,23,27). The normalized spacial score (nSPS) is 14.3. The Hall–Kier alpha value is -2.89. The van der Waals surface area contributed by atoms with Crippen molar-refractivity contribution in [1.29, 1.82) is 0 Å². The van der Waals surface area contributed by atoms with Crippen molar-refractivity contribution >= 4 is 33.4 Å². The van der Waals surface area contributed by atoms with Crippen LogP contribution in [0.1, 0.15) is 19.8 Å². The second kappa shape index (κ2) is 10.4. The van der Waals surface area contributed by atoms with Crippen molar-refractivity contribution in [2.24, 2.45) is 0 Å². The molecule has 1 amide bonds. The second-order valence-electron chi connectivity index (χ2n) is 7.30. The maximum absolute atomic E-state index is 12.6. The van der Waals surface area contributed by atoms with Crippen LogP contribution in [0, 0.1) is 0 Å². The van der Waals surface area contributed by atoms with Gasteiger partial charge in [0.1, 0.15) is 5.75 Å². The first-order valence-corrected chi connectivity index (χ1v) is 13.0. The summed E-state index contributed by atoms with van der Waals surface area (Å²) in [6.45, 7) is 3.60. The number of nitrogens with one attached hydrogen (secondary N) is 1. The van der Waals surface area contributed by atoms with Crippen molar-refractivity contribution in [3.8, 4) is 17.2 Å². The summed E-state index contributed by atoms with van der Waals surface area (Å²) in [5, 5.41) is 11.0. The number of thioether (sulfide) groups is 1. The lowest BCUT2D eigenvalue weighted by Gasteiger charge is -2.15. The molecule has 0 spiro atoms. The van der Waals surface area contributed by atoms with Crippen LogP contribution >= 0.6 is 11.8 Å². The number of hydrogen-bond acceptors (Lipinski definition) is 8. The second-order valence-corrected chi connectivity index (χ2v) is 10.2. The smallest absolute Gasteiger partial charge is 0.277 e. The van der Waals surface area contributed by atoms with Crippen molar-refractivity contribution in [3.05, 3.63) is 48.5 Å². The van der Waals surface area contributed by atoms with Crippen LogP contribution in [-0.4, -0.2) is 54.3 Å². The zero-order valence-corrected chi connectivity index (χ0v) is 19.7. The van der Waals surface area contributed by atoms with E-state index in [1.54, 1.807) is 48.5 Å². The highest BCUT2D eigenvalue weighted by Crippen LogP contribution is 2.26. The molecule has 1 aliphatic rings. The van der Waals surface area contributed by atoms with Crippen molar-refractivity contribution in [2.45, 2.75) is 29.9 Å². The van der Waals surface area contributed by atoms with Crippen molar-refractivity contribution < 1.29 is 22.4 Å². The minimum atomic E-state index is -3.47. The van der Waals surface area contributed by atoms with Gasteiger partial charge in [0.2, 0.25) is 21.8 Å². The Balaban J connectivity index is 1.32. The monoisotopic (exact) mass is 488 g/mol. The van der Waals surface area contributed by atoms with Crippen LogP contribution in [0.25, 0.3) is 11.5 Å². The van der Waals surface area contributed by atoms with Crippen LogP contribution in [0.2, 0.25) is 0 Å². The van der Waals surface area contributed by atoms with Crippen molar-refractivity contribution in [2.75, 3.05) is 30.8 Å². The third-order valence-electron chi connectivity index (χ3n) is 4.99. The number of carbonyl (C=O) groups is 1. The number of rotatable bonds is 9. The Morgan fingerprint density at radius 2 is 1.79 bits per heavy atom. The molecule has 0 unspecified atom stereocenters. The van der Waals surface area contributed by atoms with Crippen LogP contribution < -0.4 is 10.1 Å². The van der Waals surface area contributed by atoms with Gasteiger partial charge in [-0.25, -0.2) is 8.42 Å². The molecule has 1 fully saturated rings. The summed E-state index contributed by atoms with van der Waals surface area (Å²) in [5.41, 5.74) is 1.27. The van der Waals surface area contributed by atoms with Gasteiger partial charge in [0.05, 0.1) is 17.3 Å². The van der Waals surface area contributed by atoms with E-state index in [4.69, 9.17) is 9.15 Å². The Bertz CT molecular complexity index is 1190. The SMILES string of the molecule is CCOc1ccc(NC(=O)CSc2nnc(-c3ccc(S(=O)(=O)N4CCCC4)cc3)o2)cc1. The molecule has 3 aromatic rings. The van der Waals surface area contributed by atoms with Gasteiger partial charge in [-0.1, -0.05) is 11.8 Å². The summed E-state index contributed by atoms with van der Waals surface area (Å²) in [6.07, 6.45) is 1.77. The highest BCUT2D eigenvalue weighted by molar-refractivity contribution is 7.99. The summed E-state index contributed by atoms with van der Waals surface area (Å²) >= 11 is 1.12. The zero-order chi connectivity index (χ0) is 23.3. The molecule has 1 saturated heterocycles. The highest BCUT2D eigenvalue weighted by Gasteiger charge is 2.27. The van der Waals surface area contributed by atoms with Gasteiger partial charge in [-0.2, -0.15) is 4.31 Å². The summed E-state index contributed by atoms with van der Waals surface area (Å²) in [7, 11) is -3.47. The van der Waals surface area contributed by atoms with Gasteiger partial charge in [0, 0.05) is 24.3 Å². The third kappa shape index (κ3) is 5.73. The van der Waals surface area contributed by atoms with Gasteiger partial charge in [0.25, 0.3) is 5.22 Å². The molecule has 4 rings (SSSR count). The predicted octanol–water partition coefficient (Wildman–Crippen LogP) is 3.65. The van der Waals surface area contributed by atoms with E-state index in [2.05, 4.69) is 15.5 Å². The molecule has 1 N–H and O–H groups in total. The first-order valence-electron chi connectivity index (χ1n) is 10.6. The maximum Gasteiger partial charge on any atom is 0.277 e. The Morgan fingerprint density at radius 1 is 1.09 bits per heavy atom. The van der Waals surface area contributed by atoms with Gasteiger partial charge in [0.15, 0.2) is 0 Å². The van der Waals surface area contributed by atoms with Gasteiger partial charge >= 0.3 is 0 Å². The lowest BCUT2D eigenvalue weighted by molar-refractivity contribution is -0.113. The fraction of sp³-hybridized carbons (Fsp3) is 0.318. The molecule has 9 nitrogen and oxygen atoms in total. The van der Waals surface area contributed by atoms with E-state index in [-0.39, 0.29) is 27.7 Å². The van der Waals surface area contributed by atoms with Crippen LogP contribution in [0.5, 0.6) is 5.75 Å². The number of sulfonamides is 1. The molecule has 11 heteroatoms.